The summed E-state index contributed by atoms with van der Waals surface area (Å²) in [6.45, 7) is 5.56. The largest absolute Gasteiger partial charge is 0.465 e. The van der Waals surface area contributed by atoms with Crippen LogP contribution in [-0.2, 0) is 17.8 Å². The first-order chi connectivity index (χ1) is 12.2. The molecule has 0 unspecified atom stereocenters. The van der Waals surface area contributed by atoms with E-state index in [4.69, 9.17) is 0 Å². The van der Waals surface area contributed by atoms with Gasteiger partial charge < -0.3 is 4.74 Å². The van der Waals surface area contributed by atoms with Crippen molar-refractivity contribution < 1.29 is 13.9 Å². The van der Waals surface area contributed by atoms with Crippen molar-refractivity contribution in [2.75, 3.05) is 33.3 Å². The highest BCUT2D eigenvalue weighted by atomic mass is 19.1. The van der Waals surface area contributed by atoms with Gasteiger partial charge in [-0.3, -0.25) is 9.80 Å². The maximum absolute atomic E-state index is 14.0. The first kappa shape index (κ1) is 17.6. The SMILES string of the molecule is COC(=O)c1ccc(CN2CCN(Cc3ccccc3)CC2)cc1F. The molecular weight excluding hydrogens is 319 g/mol. The van der Waals surface area contributed by atoms with Crippen molar-refractivity contribution in [2.45, 2.75) is 13.1 Å². The molecule has 25 heavy (non-hydrogen) atoms. The van der Waals surface area contributed by atoms with E-state index < -0.39 is 11.8 Å². The van der Waals surface area contributed by atoms with Crippen molar-refractivity contribution in [3.05, 3.63) is 71.0 Å². The average molecular weight is 342 g/mol. The molecule has 0 amide bonds. The Morgan fingerprint density at radius 1 is 0.960 bits per heavy atom. The second kappa shape index (κ2) is 8.23. The normalized spacial score (nSPS) is 15.9. The fourth-order valence-electron chi connectivity index (χ4n) is 3.14. The number of hydrogen-bond donors (Lipinski definition) is 0. The molecule has 1 aliphatic heterocycles. The Kier molecular flexibility index (Phi) is 5.79. The quantitative estimate of drug-likeness (QED) is 0.782. The zero-order chi connectivity index (χ0) is 17.6. The fourth-order valence-corrected chi connectivity index (χ4v) is 3.14. The lowest BCUT2D eigenvalue weighted by atomic mass is 10.1. The molecule has 3 rings (SSSR count). The zero-order valence-corrected chi connectivity index (χ0v) is 14.5. The Morgan fingerprint density at radius 3 is 2.12 bits per heavy atom. The number of ether oxygens (including phenoxy) is 1. The molecule has 132 valence electrons. The third-order valence-corrected chi connectivity index (χ3v) is 4.56. The Labute approximate surface area is 147 Å². The standard InChI is InChI=1S/C20H23FN2O2/c1-25-20(24)18-8-7-17(13-19(18)21)15-23-11-9-22(10-12-23)14-16-5-3-2-4-6-16/h2-8,13H,9-12,14-15H2,1H3. The molecule has 1 fully saturated rings. The molecule has 0 aliphatic carbocycles. The maximum atomic E-state index is 14.0. The molecule has 2 aromatic rings. The molecule has 0 radical (unpaired) electrons. The van der Waals surface area contributed by atoms with Crippen molar-refractivity contribution in [1.82, 2.24) is 9.80 Å². The van der Waals surface area contributed by atoms with Gasteiger partial charge >= 0.3 is 5.97 Å². The van der Waals surface area contributed by atoms with Crippen LogP contribution >= 0.6 is 0 Å². The topological polar surface area (TPSA) is 32.8 Å². The average Bonchev–Trinajstić information content (AvgIpc) is 2.64. The third kappa shape index (κ3) is 4.65. The van der Waals surface area contributed by atoms with Crippen LogP contribution in [0.25, 0.3) is 0 Å². The second-order valence-electron chi connectivity index (χ2n) is 6.34. The minimum Gasteiger partial charge on any atom is -0.465 e. The van der Waals surface area contributed by atoms with Gasteiger partial charge in [-0.05, 0) is 23.3 Å². The molecule has 0 saturated carbocycles. The molecule has 1 aliphatic rings. The van der Waals surface area contributed by atoms with Gasteiger partial charge in [-0.15, -0.1) is 0 Å². The maximum Gasteiger partial charge on any atom is 0.340 e. The van der Waals surface area contributed by atoms with Crippen LogP contribution in [0, 0.1) is 5.82 Å². The predicted octanol–water partition coefficient (Wildman–Crippen LogP) is 2.93. The molecule has 0 aromatic heterocycles. The Balaban J connectivity index is 1.52. The summed E-state index contributed by atoms with van der Waals surface area (Å²) in [6.07, 6.45) is 0. The van der Waals surface area contributed by atoms with E-state index in [-0.39, 0.29) is 5.56 Å². The van der Waals surface area contributed by atoms with Crippen molar-refractivity contribution in [3.8, 4) is 0 Å². The van der Waals surface area contributed by atoms with Gasteiger partial charge in [0, 0.05) is 39.3 Å². The van der Waals surface area contributed by atoms with Gasteiger partial charge in [0.25, 0.3) is 0 Å². The number of nitrogens with zero attached hydrogens (tertiary/aromatic N) is 2. The molecule has 0 bridgehead atoms. The molecule has 0 N–H and O–H groups in total. The number of piperazine rings is 1. The van der Waals surface area contributed by atoms with E-state index in [9.17, 15) is 9.18 Å². The van der Waals surface area contributed by atoms with Gasteiger partial charge in [0.1, 0.15) is 5.82 Å². The lowest BCUT2D eigenvalue weighted by Crippen LogP contribution is -2.45. The van der Waals surface area contributed by atoms with Crippen LogP contribution in [0.5, 0.6) is 0 Å². The molecule has 5 heteroatoms. The summed E-state index contributed by atoms with van der Waals surface area (Å²) in [6, 6.07) is 15.2. The van der Waals surface area contributed by atoms with E-state index in [0.29, 0.717) is 6.54 Å². The number of carbonyl (C=O) groups excluding carboxylic acids is 1. The van der Waals surface area contributed by atoms with E-state index in [1.807, 2.05) is 6.07 Å². The molecule has 1 heterocycles. The van der Waals surface area contributed by atoms with Crippen LogP contribution in [0.4, 0.5) is 4.39 Å². The highest BCUT2D eigenvalue weighted by molar-refractivity contribution is 5.89. The van der Waals surface area contributed by atoms with E-state index in [1.165, 1.54) is 24.8 Å². The van der Waals surface area contributed by atoms with Crippen LogP contribution in [0.1, 0.15) is 21.5 Å². The number of benzene rings is 2. The van der Waals surface area contributed by atoms with Crippen LogP contribution in [0.2, 0.25) is 0 Å². The summed E-state index contributed by atoms with van der Waals surface area (Å²) in [5.41, 5.74) is 2.19. The van der Waals surface area contributed by atoms with Crippen LogP contribution < -0.4 is 0 Å². The molecule has 1 saturated heterocycles. The summed E-state index contributed by atoms with van der Waals surface area (Å²) in [5.74, 6) is -1.16. The monoisotopic (exact) mass is 342 g/mol. The first-order valence-electron chi connectivity index (χ1n) is 8.51. The number of methoxy groups -OCH3 is 1. The molecule has 2 aromatic carbocycles. The van der Waals surface area contributed by atoms with Crippen molar-refractivity contribution in [2.24, 2.45) is 0 Å². The summed E-state index contributed by atoms with van der Waals surface area (Å²) in [5, 5.41) is 0. The van der Waals surface area contributed by atoms with E-state index >= 15 is 0 Å². The molecular formula is C20H23FN2O2. The first-order valence-corrected chi connectivity index (χ1v) is 8.51. The highest BCUT2D eigenvalue weighted by Crippen LogP contribution is 2.15. The number of carbonyl (C=O) groups is 1. The van der Waals surface area contributed by atoms with Crippen molar-refractivity contribution >= 4 is 5.97 Å². The predicted molar refractivity (Wildman–Crippen MR) is 94.7 cm³/mol. The van der Waals surface area contributed by atoms with Gasteiger partial charge in [-0.25, -0.2) is 9.18 Å². The summed E-state index contributed by atoms with van der Waals surface area (Å²) < 4.78 is 18.6. The van der Waals surface area contributed by atoms with E-state index in [0.717, 1.165) is 38.3 Å². The van der Waals surface area contributed by atoms with Crippen LogP contribution in [0.3, 0.4) is 0 Å². The van der Waals surface area contributed by atoms with Crippen molar-refractivity contribution in [1.29, 1.82) is 0 Å². The van der Waals surface area contributed by atoms with Crippen LogP contribution in [0.15, 0.2) is 48.5 Å². The smallest absolute Gasteiger partial charge is 0.340 e. The Morgan fingerprint density at radius 2 is 1.56 bits per heavy atom. The zero-order valence-electron chi connectivity index (χ0n) is 14.5. The lowest BCUT2D eigenvalue weighted by Gasteiger charge is -2.34. The minimum atomic E-state index is -0.640. The van der Waals surface area contributed by atoms with Crippen molar-refractivity contribution in [3.63, 3.8) is 0 Å². The lowest BCUT2D eigenvalue weighted by molar-refractivity contribution is 0.0595. The van der Waals surface area contributed by atoms with Gasteiger partial charge in [0.15, 0.2) is 0 Å². The Bertz CT molecular complexity index is 713. The second-order valence-corrected chi connectivity index (χ2v) is 6.34. The van der Waals surface area contributed by atoms with Gasteiger partial charge in [-0.2, -0.15) is 0 Å². The number of esters is 1. The summed E-state index contributed by atoms with van der Waals surface area (Å²) in [4.78, 5) is 16.2. The Hall–Kier alpha value is -2.24. The van der Waals surface area contributed by atoms with E-state index in [2.05, 4.69) is 38.8 Å². The molecule has 4 nitrogen and oxygen atoms in total. The number of hydrogen-bond acceptors (Lipinski definition) is 4. The third-order valence-electron chi connectivity index (χ3n) is 4.56. The van der Waals surface area contributed by atoms with Gasteiger partial charge in [0.05, 0.1) is 12.7 Å². The number of rotatable bonds is 5. The number of halogens is 1. The van der Waals surface area contributed by atoms with Gasteiger partial charge in [-0.1, -0.05) is 36.4 Å². The molecule has 0 atom stereocenters. The molecule has 0 spiro atoms. The van der Waals surface area contributed by atoms with Gasteiger partial charge in [0.2, 0.25) is 0 Å². The summed E-state index contributed by atoms with van der Waals surface area (Å²) in [7, 11) is 1.25. The van der Waals surface area contributed by atoms with E-state index in [1.54, 1.807) is 6.07 Å². The van der Waals surface area contributed by atoms with Crippen LogP contribution in [-0.4, -0.2) is 49.1 Å². The highest BCUT2D eigenvalue weighted by Gasteiger charge is 2.18. The minimum absolute atomic E-state index is 0.0149. The summed E-state index contributed by atoms with van der Waals surface area (Å²) >= 11 is 0. The fraction of sp³-hybridized carbons (Fsp3) is 0.350.